The Morgan fingerprint density at radius 3 is 2.41 bits per heavy atom. The number of amides is 2. The highest BCUT2D eigenvalue weighted by atomic mass is 35.5. The molecule has 2 N–H and O–H groups in total. The summed E-state index contributed by atoms with van der Waals surface area (Å²) in [6.45, 7) is 4.66. The number of nitrogens with zero attached hydrogens (tertiary/aromatic N) is 1. The molecular formula is C20H21Cl2N3O4. The maximum absolute atomic E-state index is 12.4. The first kappa shape index (κ1) is 22.6. The molecule has 1 aromatic heterocycles. The van der Waals surface area contributed by atoms with E-state index < -0.39 is 30.4 Å². The second kappa shape index (κ2) is 10.2. The van der Waals surface area contributed by atoms with E-state index in [0.29, 0.717) is 16.1 Å². The SMILES string of the molecule is Cc1c(Cl)cnc(NC(=O)COC(=O)C(NC(=O)c2ccccc2)C(C)C)c1Cl. The van der Waals surface area contributed by atoms with E-state index in [2.05, 4.69) is 15.6 Å². The monoisotopic (exact) mass is 437 g/mol. The minimum atomic E-state index is -0.907. The van der Waals surface area contributed by atoms with Gasteiger partial charge in [-0.05, 0) is 30.5 Å². The minimum Gasteiger partial charge on any atom is -0.454 e. The van der Waals surface area contributed by atoms with Crippen molar-refractivity contribution in [3.8, 4) is 0 Å². The van der Waals surface area contributed by atoms with Crippen molar-refractivity contribution in [3.05, 3.63) is 57.7 Å². The van der Waals surface area contributed by atoms with E-state index >= 15 is 0 Å². The minimum absolute atomic E-state index is 0.118. The second-order valence-electron chi connectivity index (χ2n) is 6.61. The molecule has 7 nitrogen and oxygen atoms in total. The summed E-state index contributed by atoms with van der Waals surface area (Å²) >= 11 is 12.0. The maximum atomic E-state index is 12.4. The Balaban J connectivity index is 1.95. The largest absolute Gasteiger partial charge is 0.454 e. The number of carbonyl (C=O) groups is 3. The Hall–Kier alpha value is -2.64. The molecule has 0 saturated carbocycles. The van der Waals surface area contributed by atoms with Crippen molar-refractivity contribution >= 4 is 46.8 Å². The Morgan fingerprint density at radius 2 is 1.79 bits per heavy atom. The number of halogens is 2. The Labute approximate surface area is 178 Å². The third-order valence-electron chi connectivity index (χ3n) is 4.05. The fourth-order valence-corrected chi connectivity index (χ4v) is 2.74. The van der Waals surface area contributed by atoms with Gasteiger partial charge in [0, 0.05) is 11.8 Å². The number of benzene rings is 1. The molecular weight excluding hydrogens is 417 g/mol. The van der Waals surface area contributed by atoms with E-state index in [1.54, 1.807) is 51.1 Å². The van der Waals surface area contributed by atoms with Crippen molar-refractivity contribution < 1.29 is 19.1 Å². The van der Waals surface area contributed by atoms with Crippen LogP contribution in [0, 0.1) is 12.8 Å². The highest BCUT2D eigenvalue weighted by Crippen LogP contribution is 2.28. The lowest BCUT2D eigenvalue weighted by molar-refractivity contribution is -0.150. The molecule has 2 rings (SSSR count). The third kappa shape index (κ3) is 6.17. The molecule has 0 aliphatic carbocycles. The standard InChI is InChI=1S/C20H21Cl2N3O4/c1-11(2)17(25-19(27)13-7-5-4-6-8-13)20(28)29-10-15(26)24-18-16(22)12(3)14(21)9-23-18/h4-9,11,17H,10H2,1-3H3,(H,25,27)(H,23,24,26). The summed E-state index contributed by atoms with van der Waals surface area (Å²) in [6, 6.07) is 7.59. The Morgan fingerprint density at radius 1 is 1.14 bits per heavy atom. The van der Waals surface area contributed by atoms with Gasteiger partial charge >= 0.3 is 5.97 Å². The number of hydrogen-bond acceptors (Lipinski definition) is 5. The quantitative estimate of drug-likeness (QED) is 0.644. The van der Waals surface area contributed by atoms with Crippen LogP contribution in [0.5, 0.6) is 0 Å². The number of rotatable bonds is 7. The van der Waals surface area contributed by atoms with Crippen LogP contribution in [-0.2, 0) is 14.3 Å². The van der Waals surface area contributed by atoms with Crippen LogP contribution in [-0.4, -0.2) is 35.4 Å². The molecule has 9 heteroatoms. The summed E-state index contributed by atoms with van der Waals surface area (Å²) in [5, 5.41) is 5.67. The molecule has 29 heavy (non-hydrogen) atoms. The lowest BCUT2D eigenvalue weighted by Gasteiger charge is -2.20. The zero-order chi connectivity index (χ0) is 21.6. The van der Waals surface area contributed by atoms with Gasteiger partial charge in [0.2, 0.25) is 0 Å². The molecule has 2 aromatic rings. The van der Waals surface area contributed by atoms with E-state index in [1.165, 1.54) is 6.20 Å². The summed E-state index contributed by atoms with van der Waals surface area (Å²) < 4.78 is 5.07. The number of esters is 1. The molecule has 154 valence electrons. The molecule has 0 spiro atoms. The summed E-state index contributed by atoms with van der Waals surface area (Å²) in [5.74, 6) is -1.86. The number of anilines is 1. The highest BCUT2D eigenvalue weighted by Gasteiger charge is 2.27. The van der Waals surface area contributed by atoms with Crippen LogP contribution in [0.25, 0.3) is 0 Å². The Kier molecular flexibility index (Phi) is 7.99. The number of aromatic nitrogens is 1. The molecule has 1 heterocycles. The van der Waals surface area contributed by atoms with Gasteiger partial charge in [-0.2, -0.15) is 0 Å². The zero-order valence-electron chi connectivity index (χ0n) is 16.2. The number of carbonyl (C=O) groups excluding carboxylic acids is 3. The summed E-state index contributed by atoms with van der Waals surface area (Å²) in [6.07, 6.45) is 1.36. The molecule has 0 bridgehead atoms. The number of pyridine rings is 1. The van der Waals surface area contributed by atoms with Crippen LogP contribution in [0.2, 0.25) is 10.0 Å². The number of ether oxygens (including phenoxy) is 1. The molecule has 1 atom stereocenters. The van der Waals surface area contributed by atoms with Crippen molar-refractivity contribution in [2.45, 2.75) is 26.8 Å². The van der Waals surface area contributed by atoms with Gasteiger partial charge in [0.1, 0.15) is 6.04 Å². The predicted molar refractivity (Wildman–Crippen MR) is 111 cm³/mol. The fourth-order valence-electron chi connectivity index (χ4n) is 2.35. The smallest absolute Gasteiger partial charge is 0.329 e. The van der Waals surface area contributed by atoms with Crippen molar-refractivity contribution in [1.82, 2.24) is 10.3 Å². The van der Waals surface area contributed by atoms with Crippen LogP contribution in [0.4, 0.5) is 5.82 Å². The zero-order valence-corrected chi connectivity index (χ0v) is 17.7. The predicted octanol–water partition coefficient (Wildman–Crippen LogP) is 3.63. The summed E-state index contributed by atoms with van der Waals surface area (Å²) in [4.78, 5) is 40.7. The molecule has 2 amide bonds. The van der Waals surface area contributed by atoms with Crippen LogP contribution >= 0.6 is 23.2 Å². The lowest BCUT2D eigenvalue weighted by Crippen LogP contribution is -2.45. The van der Waals surface area contributed by atoms with E-state index in [9.17, 15) is 14.4 Å². The maximum Gasteiger partial charge on any atom is 0.329 e. The first-order valence-corrected chi connectivity index (χ1v) is 9.59. The number of nitrogens with one attached hydrogen (secondary N) is 2. The van der Waals surface area contributed by atoms with Gasteiger partial charge < -0.3 is 15.4 Å². The fraction of sp³-hybridized carbons (Fsp3) is 0.300. The van der Waals surface area contributed by atoms with Gasteiger partial charge in [0.15, 0.2) is 12.4 Å². The topological polar surface area (TPSA) is 97.4 Å². The molecule has 0 aliphatic heterocycles. The molecule has 0 radical (unpaired) electrons. The molecule has 1 aromatic carbocycles. The van der Waals surface area contributed by atoms with Gasteiger partial charge in [0.05, 0.1) is 10.0 Å². The van der Waals surface area contributed by atoms with Crippen molar-refractivity contribution in [1.29, 1.82) is 0 Å². The molecule has 0 fully saturated rings. The highest BCUT2D eigenvalue weighted by molar-refractivity contribution is 6.37. The van der Waals surface area contributed by atoms with Crippen LogP contribution in [0.1, 0.15) is 29.8 Å². The van der Waals surface area contributed by atoms with E-state index in [-0.39, 0.29) is 16.8 Å². The normalized spacial score (nSPS) is 11.7. The van der Waals surface area contributed by atoms with Crippen LogP contribution in [0.15, 0.2) is 36.5 Å². The van der Waals surface area contributed by atoms with Crippen molar-refractivity contribution in [2.24, 2.45) is 5.92 Å². The first-order valence-electron chi connectivity index (χ1n) is 8.83. The third-order valence-corrected chi connectivity index (χ3v) is 4.89. The first-order chi connectivity index (χ1) is 13.7. The second-order valence-corrected chi connectivity index (χ2v) is 7.40. The van der Waals surface area contributed by atoms with E-state index in [1.807, 2.05) is 0 Å². The lowest BCUT2D eigenvalue weighted by atomic mass is 10.0. The average Bonchev–Trinajstić information content (AvgIpc) is 2.71. The van der Waals surface area contributed by atoms with Gasteiger partial charge in [-0.15, -0.1) is 0 Å². The van der Waals surface area contributed by atoms with Gasteiger partial charge in [-0.25, -0.2) is 9.78 Å². The van der Waals surface area contributed by atoms with E-state index in [4.69, 9.17) is 27.9 Å². The van der Waals surface area contributed by atoms with Gasteiger partial charge in [-0.3, -0.25) is 9.59 Å². The van der Waals surface area contributed by atoms with Gasteiger partial charge in [-0.1, -0.05) is 55.2 Å². The van der Waals surface area contributed by atoms with E-state index in [0.717, 1.165) is 0 Å². The van der Waals surface area contributed by atoms with Crippen LogP contribution in [0.3, 0.4) is 0 Å². The number of hydrogen-bond donors (Lipinski definition) is 2. The molecule has 0 aliphatic rings. The van der Waals surface area contributed by atoms with Crippen LogP contribution < -0.4 is 10.6 Å². The van der Waals surface area contributed by atoms with Crippen molar-refractivity contribution in [2.75, 3.05) is 11.9 Å². The van der Waals surface area contributed by atoms with Gasteiger partial charge in [0.25, 0.3) is 11.8 Å². The molecule has 1 unspecified atom stereocenters. The average molecular weight is 438 g/mol. The van der Waals surface area contributed by atoms with Crippen molar-refractivity contribution in [3.63, 3.8) is 0 Å². The Bertz CT molecular complexity index is 904. The summed E-state index contributed by atoms with van der Waals surface area (Å²) in [7, 11) is 0. The summed E-state index contributed by atoms with van der Waals surface area (Å²) in [5.41, 5.74) is 0.988. The molecule has 0 saturated heterocycles.